The van der Waals surface area contributed by atoms with Crippen molar-refractivity contribution in [1.82, 2.24) is 5.43 Å². The molecule has 0 atom stereocenters. The summed E-state index contributed by atoms with van der Waals surface area (Å²) in [7, 11) is 0. The molecule has 0 aromatic rings. The summed E-state index contributed by atoms with van der Waals surface area (Å²) in [6, 6.07) is 0. The average molecular weight is 230 g/mol. The number of alkyl halides is 3. The zero-order valence-corrected chi connectivity index (χ0v) is 8.26. The average Bonchev–Trinajstić information content (AvgIpc) is 2.02. The number of hydrazine groups is 1. The first-order chi connectivity index (χ1) is 6.61. The Balaban J connectivity index is 0. The maximum atomic E-state index is 10.6. The molecule has 0 saturated heterocycles. The van der Waals surface area contributed by atoms with E-state index in [1.165, 1.54) is 0 Å². The first-order valence-electron chi connectivity index (χ1n) is 3.90. The van der Waals surface area contributed by atoms with Gasteiger partial charge in [0.25, 0.3) is 0 Å². The fourth-order valence-corrected chi connectivity index (χ4v) is 0.430. The molecule has 8 heteroatoms. The van der Waals surface area contributed by atoms with E-state index in [9.17, 15) is 18.0 Å². The zero-order chi connectivity index (χ0) is 12.6. The summed E-state index contributed by atoms with van der Waals surface area (Å²) in [6.07, 6.45) is -4.57. The molecule has 0 bridgehead atoms. The Morgan fingerprint density at radius 3 is 1.80 bits per heavy atom. The van der Waals surface area contributed by atoms with Crippen LogP contribution >= 0.6 is 0 Å². The number of carbonyl (C=O) groups excluding carboxylic acids is 1. The second kappa shape index (κ2) is 7.04. The van der Waals surface area contributed by atoms with Crippen molar-refractivity contribution in [1.29, 1.82) is 0 Å². The van der Waals surface area contributed by atoms with Crippen molar-refractivity contribution in [3.63, 3.8) is 0 Å². The number of carboxylic acid groups (broad SMARTS) is 1. The number of carbonyl (C=O) groups is 2. The Morgan fingerprint density at radius 1 is 1.40 bits per heavy atom. The van der Waals surface area contributed by atoms with E-state index in [-0.39, 0.29) is 5.91 Å². The number of hydrogen-bond donors (Lipinski definition) is 3. The minimum atomic E-state index is -5.08. The molecule has 0 heterocycles. The highest BCUT2D eigenvalue weighted by Gasteiger charge is 2.38. The fourth-order valence-electron chi connectivity index (χ4n) is 0.430. The lowest BCUT2D eigenvalue weighted by Crippen LogP contribution is -2.30. The van der Waals surface area contributed by atoms with Crippen LogP contribution in [0.1, 0.15) is 20.3 Å². The fraction of sp³-hybridized carbons (Fsp3) is 0.714. The molecule has 0 aromatic carbocycles. The molecule has 0 aromatic heterocycles. The molecule has 0 saturated carbocycles. The van der Waals surface area contributed by atoms with Crippen molar-refractivity contribution < 1.29 is 27.9 Å². The smallest absolute Gasteiger partial charge is 0.475 e. The van der Waals surface area contributed by atoms with E-state index in [4.69, 9.17) is 15.7 Å². The minimum Gasteiger partial charge on any atom is -0.475 e. The lowest BCUT2D eigenvalue weighted by molar-refractivity contribution is -0.192. The quantitative estimate of drug-likeness (QED) is 0.369. The van der Waals surface area contributed by atoms with Gasteiger partial charge in [-0.25, -0.2) is 10.6 Å². The summed E-state index contributed by atoms with van der Waals surface area (Å²) in [4.78, 5) is 19.3. The Bertz CT molecular complexity index is 216. The van der Waals surface area contributed by atoms with E-state index in [1.54, 1.807) is 0 Å². The molecule has 4 N–H and O–H groups in total. The van der Waals surface area contributed by atoms with Crippen LogP contribution in [0.15, 0.2) is 0 Å². The first kappa shape index (κ1) is 16.1. The van der Waals surface area contributed by atoms with E-state index in [0.29, 0.717) is 12.3 Å². The molecule has 15 heavy (non-hydrogen) atoms. The summed E-state index contributed by atoms with van der Waals surface area (Å²) in [5.74, 6) is 2.35. The lowest BCUT2D eigenvalue weighted by Gasteiger charge is -2.00. The summed E-state index contributed by atoms with van der Waals surface area (Å²) in [5.41, 5.74) is 2.06. The largest absolute Gasteiger partial charge is 0.490 e. The highest BCUT2D eigenvalue weighted by Crippen LogP contribution is 2.13. The number of hydrogen-bond acceptors (Lipinski definition) is 3. The minimum absolute atomic E-state index is 0.0972. The van der Waals surface area contributed by atoms with Crippen LogP contribution in [0.3, 0.4) is 0 Å². The van der Waals surface area contributed by atoms with Crippen molar-refractivity contribution in [2.45, 2.75) is 26.4 Å². The highest BCUT2D eigenvalue weighted by molar-refractivity contribution is 5.75. The number of rotatable bonds is 2. The third-order valence-electron chi connectivity index (χ3n) is 0.997. The molecule has 0 spiro atoms. The van der Waals surface area contributed by atoms with E-state index in [0.717, 1.165) is 0 Å². The van der Waals surface area contributed by atoms with Crippen molar-refractivity contribution in [2.75, 3.05) is 0 Å². The SMILES string of the molecule is CC(C)CC(=O)NN.O=C(O)C(F)(F)F. The molecule has 0 rings (SSSR count). The molecule has 0 unspecified atom stereocenters. The Kier molecular flexibility index (Phi) is 7.58. The van der Waals surface area contributed by atoms with Gasteiger partial charge in [-0.3, -0.25) is 10.2 Å². The molecule has 0 aliphatic heterocycles. The number of nitrogens with two attached hydrogens (primary N) is 1. The Hall–Kier alpha value is -1.31. The van der Waals surface area contributed by atoms with Crippen molar-refractivity contribution in [3.05, 3.63) is 0 Å². The monoisotopic (exact) mass is 230 g/mol. The van der Waals surface area contributed by atoms with Gasteiger partial charge in [-0.2, -0.15) is 13.2 Å². The van der Waals surface area contributed by atoms with Gasteiger partial charge in [-0.15, -0.1) is 0 Å². The molecule has 0 aliphatic rings. The van der Waals surface area contributed by atoms with Crippen LogP contribution in [0.2, 0.25) is 0 Å². The van der Waals surface area contributed by atoms with Gasteiger partial charge >= 0.3 is 12.1 Å². The second-order valence-electron chi connectivity index (χ2n) is 2.97. The van der Waals surface area contributed by atoms with E-state index in [2.05, 4.69) is 5.43 Å². The van der Waals surface area contributed by atoms with Crippen molar-refractivity contribution in [2.24, 2.45) is 11.8 Å². The summed E-state index contributed by atoms with van der Waals surface area (Å²) < 4.78 is 31.7. The Morgan fingerprint density at radius 2 is 1.73 bits per heavy atom. The van der Waals surface area contributed by atoms with Gasteiger partial charge in [0.2, 0.25) is 5.91 Å². The standard InChI is InChI=1S/C5H12N2O.C2HF3O2/c1-4(2)3-5(8)7-6;3-2(4,5)1(6)7/h4H,3,6H2,1-2H3,(H,7,8);(H,6,7). The third-order valence-corrected chi connectivity index (χ3v) is 0.997. The van der Waals surface area contributed by atoms with Gasteiger partial charge in [0, 0.05) is 6.42 Å². The molecule has 0 radical (unpaired) electrons. The van der Waals surface area contributed by atoms with Gasteiger partial charge in [-0.1, -0.05) is 13.8 Å². The lowest BCUT2D eigenvalue weighted by atomic mass is 10.1. The molecular weight excluding hydrogens is 217 g/mol. The van der Waals surface area contributed by atoms with E-state index >= 15 is 0 Å². The summed E-state index contributed by atoms with van der Waals surface area (Å²) in [5, 5.41) is 7.12. The first-order valence-corrected chi connectivity index (χ1v) is 3.90. The van der Waals surface area contributed by atoms with Crippen LogP contribution in [0, 0.1) is 5.92 Å². The summed E-state index contributed by atoms with van der Waals surface area (Å²) >= 11 is 0. The maximum Gasteiger partial charge on any atom is 0.490 e. The molecule has 90 valence electrons. The second-order valence-corrected chi connectivity index (χ2v) is 2.97. The van der Waals surface area contributed by atoms with Gasteiger partial charge in [-0.05, 0) is 5.92 Å². The number of amides is 1. The predicted octanol–water partition coefficient (Wildman–Crippen LogP) is 0.656. The zero-order valence-electron chi connectivity index (χ0n) is 8.26. The molecule has 0 fully saturated rings. The van der Waals surface area contributed by atoms with Crippen molar-refractivity contribution >= 4 is 11.9 Å². The third kappa shape index (κ3) is 12.7. The van der Waals surface area contributed by atoms with Crippen LogP contribution in [0.5, 0.6) is 0 Å². The van der Waals surface area contributed by atoms with E-state index in [1.807, 2.05) is 13.8 Å². The van der Waals surface area contributed by atoms with Crippen LogP contribution in [-0.2, 0) is 9.59 Å². The van der Waals surface area contributed by atoms with Crippen LogP contribution < -0.4 is 11.3 Å². The van der Waals surface area contributed by atoms with Gasteiger partial charge in [0.15, 0.2) is 0 Å². The van der Waals surface area contributed by atoms with Gasteiger partial charge < -0.3 is 5.11 Å². The number of aliphatic carboxylic acids is 1. The molecular formula is C7H13F3N2O3. The Labute approximate surface area is 84.4 Å². The normalized spacial score (nSPS) is 10.3. The number of halogens is 3. The predicted molar refractivity (Wildman–Crippen MR) is 45.5 cm³/mol. The van der Waals surface area contributed by atoms with Crippen molar-refractivity contribution in [3.8, 4) is 0 Å². The molecule has 5 nitrogen and oxygen atoms in total. The van der Waals surface area contributed by atoms with Gasteiger partial charge in [0.05, 0.1) is 0 Å². The number of nitrogens with one attached hydrogen (secondary N) is 1. The summed E-state index contributed by atoms with van der Waals surface area (Å²) in [6.45, 7) is 3.94. The van der Waals surface area contributed by atoms with Crippen LogP contribution in [0.4, 0.5) is 13.2 Å². The molecule has 0 aliphatic carbocycles. The topological polar surface area (TPSA) is 92.4 Å². The number of carboxylic acids is 1. The van der Waals surface area contributed by atoms with E-state index < -0.39 is 12.1 Å². The van der Waals surface area contributed by atoms with Crippen LogP contribution in [-0.4, -0.2) is 23.2 Å². The van der Waals surface area contributed by atoms with Gasteiger partial charge in [0.1, 0.15) is 0 Å². The maximum absolute atomic E-state index is 10.6. The molecule has 1 amide bonds. The highest BCUT2D eigenvalue weighted by atomic mass is 19.4. The van der Waals surface area contributed by atoms with Crippen LogP contribution in [0.25, 0.3) is 0 Å².